The SMILES string of the molecule is CCOC(=O)CCCCCCC1CCc2cc(-c3cccc(SC(C)C)n3)ccc2O1. The molecule has 0 amide bonds. The molecule has 0 N–H and O–H groups in total. The first-order chi connectivity index (χ1) is 15.0. The third-order valence-electron chi connectivity index (χ3n) is 5.43. The van der Waals surface area contributed by atoms with Crippen LogP contribution in [0.5, 0.6) is 5.75 Å². The van der Waals surface area contributed by atoms with Gasteiger partial charge in [-0.15, -0.1) is 11.8 Å². The van der Waals surface area contributed by atoms with Crippen LogP contribution in [0.3, 0.4) is 0 Å². The molecular weight excluding hydrogens is 406 g/mol. The van der Waals surface area contributed by atoms with Crippen LogP contribution in [-0.4, -0.2) is 28.9 Å². The number of ether oxygens (including phenoxy) is 2. The quantitative estimate of drug-likeness (QED) is 0.217. The summed E-state index contributed by atoms with van der Waals surface area (Å²) >= 11 is 1.79. The molecule has 0 saturated heterocycles. The summed E-state index contributed by atoms with van der Waals surface area (Å²) in [6, 6.07) is 12.7. The lowest BCUT2D eigenvalue weighted by Crippen LogP contribution is -2.22. The second-order valence-electron chi connectivity index (χ2n) is 8.39. The lowest BCUT2D eigenvalue weighted by Gasteiger charge is -2.26. The maximum atomic E-state index is 11.4. The summed E-state index contributed by atoms with van der Waals surface area (Å²) in [4.78, 5) is 16.2. The summed E-state index contributed by atoms with van der Waals surface area (Å²) in [7, 11) is 0. The number of nitrogens with zero attached hydrogens (tertiary/aromatic N) is 1. The number of carbonyl (C=O) groups is 1. The Bertz CT molecular complexity index is 852. The van der Waals surface area contributed by atoms with Crippen LogP contribution in [0.2, 0.25) is 0 Å². The van der Waals surface area contributed by atoms with Crippen molar-refractivity contribution in [3.8, 4) is 17.0 Å². The van der Waals surface area contributed by atoms with E-state index in [2.05, 4.69) is 50.2 Å². The van der Waals surface area contributed by atoms with Crippen molar-refractivity contribution in [2.75, 3.05) is 6.61 Å². The first-order valence-corrected chi connectivity index (χ1v) is 12.5. The Morgan fingerprint density at radius 2 is 2.03 bits per heavy atom. The van der Waals surface area contributed by atoms with E-state index in [4.69, 9.17) is 14.5 Å². The fourth-order valence-corrected chi connectivity index (χ4v) is 4.71. The Kier molecular flexibility index (Phi) is 9.26. The molecule has 1 aliphatic heterocycles. The largest absolute Gasteiger partial charge is 0.490 e. The summed E-state index contributed by atoms with van der Waals surface area (Å²) in [6.45, 7) is 6.70. The van der Waals surface area contributed by atoms with Gasteiger partial charge in [-0.2, -0.15) is 0 Å². The number of pyridine rings is 1. The van der Waals surface area contributed by atoms with Crippen molar-refractivity contribution in [2.45, 2.75) is 88.5 Å². The molecule has 2 aromatic rings. The third-order valence-corrected chi connectivity index (χ3v) is 6.37. The first kappa shape index (κ1) is 23.6. The number of aryl methyl sites for hydroxylation is 1. The van der Waals surface area contributed by atoms with Gasteiger partial charge < -0.3 is 9.47 Å². The zero-order chi connectivity index (χ0) is 22.1. The van der Waals surface area contributed by atoms with E-state index in [9.17, 15) is 4.79 Å². The van der Waals surface area contributed by atoms with Crippen LogP contribution in [0, 0.1) is 0 Å². The smallest absolute Gasteiger partial charge is 0.305 e. The van der Waals surface area contributed by atoms with Gasteiger partial charge in [0.15, 0.2) is 0 Å². The van der Waals surface area contributed by atoms with E-state index in [1.165, 1.54) is 5.56 Å². The molecule has 1 aromatic carbocycles. The van der Waals surface area contributed by atoms with Crippen LogP contribution in [-0.2, 0) is 16.0 Å². The van der Waals surface area contributed by atoms with Crippen LogP contribution in [0.1, 0.15) is 71.3 Å². The summed E-state index contributed by atoms with van der Waals surface area (Å²) in [5.74, 6) is 0.949. The molecule has 31 heavy (non-hydrogen) atoms. The summed E-state index contributed by atoms with van der Waals surface area (Å²) in [5.41, 5.74) is 3.47. The third kappa shape index (κ3) is 7.57. The molecule has 0 aliphatic carbocycles. The van der Waals surface area contributed by atoms with Gasteiger partial charge >= 0.3 is 5.97 Å². The van der Waals surface area contributed by atoms with Gasteiger partial charge in [0, 0.05) is 17.2 Å². The van der Waals surface area contributed by atoms with E-state index in [0.717, 1.165) is 67.0 Å². The zero-order valence-electron chi connectivity index (χ0n) is 19.1. The minimum Gasteiger partial charge on any atom is -0.490 e. The number of esters is 1. The van der Waals surface area contributed by atoms with Gasteiger partial charge in [0.1, 0.15) is 5.75 Å². The Labute approximate surface area is 191 Å². The average molecular weight is 442 g/mol. The summed E-state index contributed by atoms with van der Waals surface area (Å²) in [5, 5.41) is 1.60. The molecule has 0 spiro atoms. The number of unbranched alkanes of at least 4 members (excludes halogenated alkanes) is 3. The van der Waals surface area contributed by atoms with Crippen molar-refractivity contribution in [3.63, 3.8) is 0 Å². The van der Waals surface area contributed by atoms with E-state index in [1.807, 2.05) is 6.92 Å². The van der Waals surface area contributed by atoms with Crippen molar-refractivity contribution in [2.24, 2.45) is 0 Å². The van der Waals surface area contributed by atoms with Crippen molar-refractivity contribution in [3.05, 3.63) is 42.0 Å². The number of fused-ring (bicyclic) bond motifs is 1. The van der Waals surface area contributed by atoms with Gasteiger partial charge in [0.2, 0.25) is 0 Å². The van der Waals surface area contributed by atoms with E-state index < -0.39 is 0 Å². The number of carbonyl (C=O) groups excluding carboxylic acids is 1. The van der Waals surface area contributed by atoms with Crippen LogP contribution in [0.15, 0.2) is 41.4 Å². The number of benzene rings is 1. The molecule has 168 valence electrons. The minimum absolute atomic E-state index is 0.0744. The minimum atomic E-state index is -0.0744. The highest BCUT2D eigenvalue weighted by Gasteiger charge is 2.20. The predicted molar refractivity (Wildman–Crippen MR) is 128 cm³/mol. The molecule has 4 nitrogen and oxygen atoms in total. The molecule has 0 bridgehead atoms. The number of hydrogen-bond acceptors (Lipinski definition) is 5. The fraction of sp³-hybridized carbons (Fsp3) is 0.538. The Balaban J connectivity index is 1.47. The Morgan fingerprint density at radius 3 is 2.84 bits per heavy atom. The summed E-state index contributed by atoms with van der Waals surface area (Å²) in [6.07, 6.45) is 8.31. The highest BCUT2D eigenvalue weighted by atomic mass is 32.2. The molecule has 0 radical (unpaired) electrons. The Morgan fingerprint density at radius 1 is 1.19 bits per heavy atom. The lowest BCUT2D eigenvalue weighted by molar-refractivity contribution is -0.143. The van der Waals surface area contributed by atoms with Gasteiger partial charge in [-0.3, -0.25) is 4.79 Å². The van der Waals surface area contributed by atoms with Crippen LogP contribution < -0.4 is 4.74 Å². The van der Waals surface area contributed by atoms with Gasteiger partial charge in [-0.1, -0.05) is 32.8 Å². The molecule has 2 heterocycles. The van der Waals surface area contributed by atoms with E-state index in [-0.39, 0.29) is 5.97 Å². The highest BCUT2D eigenvalue weighted by molar-refractivity contribution is 7.99. The molecule has 1 unspecified atom stereocenters. The van der Waals surface area contributed by atoms with Gasteiger partial charge in [-0.25, -0.2) is 4.98 Å². The molecule has 1 aliphatic rings. The van der Waals surface area contributed by atoms with Crippen LogP contribution in [0.4, 0.5) is 0 Å². The highest BCUT2D eigenvalue weighted by Crippen LogP contribution is 2.33. The predicted octanol–water partition coefficient (Wildman–Crippen LogP) is 6.85. The molecule has 5 heteroatoms. The van der Waals surface area contributed by atoms with Gasteiger partial charge in [0.05, 0.1) is 23.4 Å². The van der Waals surface area contributed by atoms with E-state index in [0.29, 0.717) is 24.4 Å². The molecular formula is C26H35NO3S. The molecule has 3 rings (SSSR count). The van der Waals surface area contributed by atoms with Crippen molar-refractivity contribution in [1.82, 2.24) is 4.98 Å². The number of hydrogen-bond donors (Lipinski definition) is 0. The van der Waals surface area contributed by atoms with Crippen molar-refractivity contribution < 1.29 is 14.3 Å². The maximum absolute atomic E-state index is 11.4. The van der Waals surface area contributed by atoms with Crippen LogP contribution in [0.25, 0.3) is 11.3 Å². The number of aromatic nitrogens is 1. The van der Waals surface area contributed by atoms with Crippen molar-refractivity contribution >= 4 is 17.7 Å². The lowest BCUT2D eigenvalue weighted by atomic mass is 9.96. The number of thioether (sulfide) groups is 1. The summed E-state index contributed by atoms with van der Waals surface area (Å²) < 4.78 is 11.2. The molecule has 1 atom stereocenters. The second-order valence-corrected chi connectivity index (χ2v) is 9.98. The van der Waals surface area contributed by atoms with E-state index in [1.54, 1.807) is 11.8 Å². The van der Waals surface area contributed by atoms with Crippen molar-refractivity contribution in [1.29, 1.82) is 0 Å². The van der Waals surface area contributed by atoms with E-state index >= 15 is 0 Å². The van der Waals surface area contributed by atoms with Crippen LogP contribution >= 0.6 is 11.8 Å². The fourth-order valence-electron chi connectivity index (χ4n) is 3.92. The molecule has 0 fully saturated rings. The number of rotatable bonds is 11. The molecule has 1 aromatic heterocycles. The first-order valence-electron chi connectivity index (χ1n) is 11.6. The average Bonchev–Trinajstić information content (AvgIpc) is 2.75. The van der Waals surface area contributed by atoms with Gasteiger partial charge in [-0.05, 0) is 74.9 Å². The normalized spacial score (nSPS) is 15.4. The van der Waals surface area contributed by atoms with Gasteiger partial charge in [0.25, 0.3) is 0 Å². The standard InChI is InChI=1S/C26H35NO3S/c1-4-29-26(28)13-8-6-5-7-10-22-16-14-21-18-20(15-17-24(21)30-22)23-11-9-12-25(27-23)31-19(2)3/h9,11-12,15,17-19,22H,4-8,10,13-14,16H2,1-3H3. The Hall–Kier alpha value is -2.01. The maximum Gasteiger partial charge on any atom is 0.305 e. The zero-order valence-corrected chi connectivity index (χ0v) is 19.9. The topological polar surface area (TPSA) is 48.4 Å². The molecule has 0 saturated carbocycles. The monoisotopic (exact) mass is 441 g/mol. The second kappa shape index (κ2) is 12.1.